The normalized spacial score (nSPS) is 15.2. The fourth-order valence-corrected chi connectivity index (χ4v) is 3.60. The van der Waals surface area contributed by atoms with Crippen LogP contribution in [0.5, 0.6) is 0 Å². The fraction of sp³-hybridized carbons (Fsp3) is 0.545. The quantitative estimate of drug-likeness (QED) is 0.493. The number of para-hydroxylation sites is 1. The number of carbonyl (C=O) groups excluding carboxylic acids is 2. The molecule has 9 nitrogen and oxygen atoms in total. The summed E-state index contributed by atoms with van der Waals surface area (Å²) in [7, 11) is 1.41. The highest BCUT2D eigenvalue weighted by Crippen LogP contribution is 2.35. The summed E-state index contributed by atoms with van der Waals surface area (Å²) in [5, 5.41) is 14.8. The average Bonchev–Trinajstić information content (AvgIpc) is 2.79. The van der Waals surface area contributed by atoms with Crippen molar-refractivity contribution in [2.24, 2.45) is 0 Å². The number of piperidine rings is 1. The molecular formula is C22H32N2O7. The molecule has 172 valence electrons. The number of methoxy groups -OCH3 is 1. The number of unbranched alkanes of at least 4 members (excludes halogenated alkanes) is 1. The lowest BCUT2D eigenvalue weighted by Crippen LogP contribution is -2.62. The van der Waals surface area contributed by atoms with Gasteiger partial charge in [-0.05, 0) is 37.9 Å². The highest BCUT2D eigenvalue weighted by molar-refractivity contribution is 6.27. The summed E-state index contributed by atoms with van der Waals surface area (Å²) in [6.07, 6.45) is 3.87. The van der Waals surface area contributed by atoms with Gasteiger partial charge in [-0.2, -0.15) is 0 Å². The first-order valence-corrected chi connectivity index (χ1v) is 10.4. The van der Waals surface area contributed by atoms with E-state index in [1.54, 1.807) is 4.90 Å². The van der Waals surface area contributed by atoms with E-state index in [9.17, 15) is 9.59 Å². The number of carbonyl (C=O) groups is 4. The number of carboxylic acids is 2. The molecule has 1 aliphatic heterocycles. The summed E-state index contributed by atoms with van der Waals surface area (Å²) in [5.41, 5.74) is -0.145. The van der Waals surface area contributed by atoms with Crippen LogP contribution in [0.25, 0.3) is 0 Å². The van der Waals surface area contributed by atoms with Gasteiger partial charge in [-0.3, -0.25) is 9.69 Å². The number of rotatable bonds is 7. The average molecular weight is 437 g/mol. The van der Waals surface area contributed by atoms with E-state index in [4.69, 9.17) is 24.5 Å². The number of nitrogens with zero attached hydrogens (tertiary/aromatic N) is 2. The van der Waals surface area contributed by atoms with Crippen LogP contribution in [0.15, 0.2) is 30.3 Å². The smallest absolute Gasteiger partial charge is 0.414 e. The Bertz CT molecular complexity index is 731. The monoisotopic (exact) mass is 436 g/mol. The third-order valence-electron chi connectivity index (χ3n) is 5.25. The van der Waals surface area contributed by atoms with Crippen LogP contribution in [-0.4, -0.2) is 71.2 Å². The highest BCUT2D eigenvalue weighted by atomic mass is 16.5. The zero-order valence-corrected chi connectivity index (χ0v) is 18.4. The van der Waals surface area contributed by atoms with Crippen molar-refractivity contribution < 1.29 is 34.1 Å². The van der Waals surface area contributed by atoms with Crippen molar-refractivity contribution in [1.29, 1.82) is 0 Å². The van der Waals surface area contributed by atoms with Gasteiger partial charge in [0.25, 0.3) is 0 Å². The Morgan fingerprint density at radius 2 is 1.58 bits per heavy atom. The number of ether oxygens (including phenoxy) is 1. The molecule has 1 saturated heterocycles. The Hall–Kier alpha value is -2.94. The first-order valence-electron chi connectivity index (χ1n) is 10.4. The Morgan fingerprint density at radius 3 is 2.00 bits per heavy atom. The van der Waals surface area contributed by atoms with Crippen LogP contribution < -0.4 is 4.90 Å². The molecule has 1 fully saturated rings. The van der Waals surface area contributed by atoms with Gasteiger partial charge < -0.3 is 19.8 Å². The Kier molecular flexibility index (Phi) is 10.7. The number of aliphatic carboxylic acids is 2. The molecule has 1 aliphatic rings. The second-order valence-corrected chi connectivity index (χ2v) is 7.25. The molecule has 1 amide bonds. The van der Waals surface area contributed by atoms with Crippen molar-refractivity contribution in [3.63, 3.8) is 0 Å². The molecule has 0 radical (unpaired) electrons. The maximum absolute atomic E-state index is 12.8. The minimum absolute atomic E-state index is 0.0430. The van der Waals surface area contributed by atoms with Gasteiger partial charge in [0.1, 0.15) is 5.54 Å². The predicted molar refractivity (Wildman–Crippen MR) is 115 cm³/mol. The van der Waals surface area contributed by atoms with E-state index in [2.05, 4.69) is 11.8 Å². The van der Waals surface area contributed by atoms with Crippen LogP contribution in [0, 0.1) is 0 Å². The summed E-state index contributed by atoms with van der Waals surface area (Å²) in [6.45, 7) is 6.66. The lowest BCUT2D eigenvalue weighted by atomic mass is 9.84. The van der Waals surface area contributed by atoms with Crippen LogP contribution in [0.2, 0.25) is 0 Å². The van der Waals surface area contributed by atoms with Gasteiger partial charge in [0.05, 0.1) is 7.11 Å². The molecule has 0 spiro atoms. The Balaban J connectivity index is 0.000000703. The molecule has 2 rings (SSSR count). The maximum atomic E-state index is 12.8. The second kappa shape index (κ2) is 12.7. The molecular weight excluding hydrogens is 404 g/mol. The van der Waals surface area contributed by atoms with Crippen LogP contribution in [0.1, 0.15) is 46.0 Å². The SMILES string of the molecule is CCCCN1CCC(C(=O)OC)(N(C(=O)CC)c2ccccc2)CC1.O=C(O)C(=O)O. The van der Waals surface area contributed by atoms with Gasteiger partial charge in [-0.25, -0.2) is 14.4 Å². The van der Waals surface area contributed by atoms with E-state index >= 15 is 0 Å². The number of esters is 1. The molecule has 2 N–H and O–H groups in total. The summed E-state index contributed by atoms with van der Waals surface area (Å²) >= 11 is 0. The highest BCUT2D eigenvalue weighted by Gasteiger charge is 2.49. The van der Waals surface area contributed by atoms with Gasteiger partial charge >= 0.3 is 17.9 Å². The first-order chi connectivity index (χ1) is 14.7. The van der Waals surface area contributed by atoms with Crippen LogP contribution in [0.3, 0.4) is 0 Å². The summed E-state index contributed by atoms with van der Waals surface area (Å²) < 4.78 is 5.16. The zero-order valence-electron chi connectivity index (χ0n) is 18.4. The second-order valence-electron chi connectivity index (χ2n) is 7.25. The number of hydrogen-bond donors (Lipinski definition) is 2. The van der Waals surface area contributed by atoms with Crippen LogP contribution >= 0.6 is 0 Å². The van der Waals surface area contributed by atoms with Crippen molar-refractivity contribution in [3.05, 3.63) is 30.3 Å². The van der Waals surface area contributed by atoms with Gasteiger partial charge in [0, 0.05) is 25.2 Å². The minimum Gasteiger partial charge on any atom is -0.473 e. The predicted octanol–water partition coefficient (Wildman–Crippen LogP) is 2.39. The van der Waals surface area contributed by atoms with Gasteiger partial charge in [-0.1, -0.05) is 38.5 Å². The van der Waals surface area contributed by atoms with Gasteiger partial charge in [-0.15, -0.1) is 0 Å². The largest absolute Gasteiger partial charge is 0.473 e. The van der Waals surface area contributed by atoms with E-state index in [1.165, 1.54) is 7.11 Å². The summed E-state index contributed by atoms with van der Waals surface area (Å²) in [5.74, 6) is -4.00. The van der Waals surface area contributed by atoms with E-state index in [0.29, 0.717) is 19.3 Å². The molecule has 0 aromatic heterocycles. The van der Waals surface area contributed by atoms with E-state index in [-0.39, 0.29) is 11.9 Å². The molecule has 1 aromatic rings. The lowest BCUT2D eigenvalue weighted by molar-refractivity contribution is -0.159. The molecule has 0 bridgehead atoms. The molecule has 9 heteroatoms. The molecule has 0 atom stereocenters. The van der Waals surface area contributed by atoms with E-state index in [0.717, 1.165) is 38.2 Å². The molecule has 0 unspecified atom stereocenters. The van der Waals surface area contributed by atoms with Crippen molar-refractivity contribution >= 4 is 29.5 Å². The molecule has 1 heterocycles. The zero-order chi connectivity index (χ0) is 23.4. The third-order valence-corrected chi connectivity index (χ3v) is 5.25. The maximum Gasteiger partial charge on any atom is 0.414 e. The van der Waals surface area contributed by atoms with Crippen molar-refractivity contribution in [2.75, 3.05) is 31.6 Å². The number of likely N-dealkylation sites (tertiary alicyclic amines) is 1. The van der Waals surface area contributed by atoms with Crippen LogP contribution in [-0.2, 0) is 23.9 Å². The van der Waals surface area contributed by atoms with Crippen LogP contribution in [0.4, 0.5) is 5.69 Å². The number of carboxylic acid groups (broad SMARTS) is 2. The lowest BCUT2D eigenvalue weighted by Gasteiger charge is -2.46. The van der Waals surface area contributed by atoms with Gasteiger partial charge in [0.2, 0.25) is 5.91 Å². The fourth-order valence-electron chi connectivity index (χ4n) is 3.60. The topological polar surface area (TPSA) is 124 Å². The number of benzene rings is 1. The van der Waals surface area contributed by atoms with Gasteiger partial charge in [0.15, 0.2) is 0 Å². The number of amides is 1. The first kappa shape index (κ1) is 26.1. The summed E-state index contributed by atoms with van der Waals surface area (Å²) in [6, 6.07) is 9.49. The summed E-state index contributed by atoms with van der Waals surface area (Å²) in [4.78, 5) is 47.9. The molecule has 1 aromatic carbocycles. The Labute approximate surface area is 182 Å². The minimum atomic E-state index is -1.82. The Morgan fingerprint density at radius 1 is 1.03 bits per heavy atom. The molecule has 31 heavy (non-hydrogen) atoms. The van der Waals surface area contributed by atoms with Crippen molar-refractivity contribution in [2.45, 2.75) is 51.5 Å². The molecule has 0 saturated carbocycles. The number of hydrogen-bond acceptors (Lipinski definition) is 6. The standard InChI is InChI=1S/C20H30N2O3.C2H2O4/c1-4-6-14-21-15-12-20(13-16-21,19(24)25-3)22(18(23)5-2)17-10-8-7-9-11-17;3-1(4)2(5)6/h7-11H,4-6,12-16H2,1-3H3;(H,3,4)(H,5,6). The van der Waals surface area contributed by atoms with Crippen molar-refractivity contribution in [3.8, 4) is 0 Å². The number of anilines is 1. The van der Waals surface area contributed by atoms with E-state index < -0.39 is 17.5 Å². The molecule has 0 aliphatic carbocycles. The third kappa shape index (κ3) is 7.06. The van der Waals surface area contributed by atoms with E-state index in [1.807, 2.05) is 37.3 Å². The van der Waals surface area contributed by atoms with Crippen molar-refractivity contribution in [1.82, 2.24) is 4.90 Å².